The Labute approximate surface area is 138 Å². The third kappa shape index (κ3) is 4.50. The molecule has 0 aliphatic carbocycles. The summed E-state index contributed by atoms with van der Waals surface area (Å²) in [4.78, 5) is 14.1. The van der Waals surface area contributed by atoms with Gasteiger partial charge in [-0.1, -0.05) is 44.2 Å². The van der Waals surface area contributed by atoms with E-state index in [4.69, 9.17) is 5.73 Å². The van der Waals surface area contributed by atoms with E-state index < -0.39 is 0 Å². The number of carbonyl (C=O) groups is 1. The van der Waals surface area contributed by atoms with Gasteiger partial charge in [-0.15, -0.1) is 12.4 Å². The fraction of sp³-hybridized carbons (Fsp3) is 0.278. The van der Waals surface area contributed by atoms with Crippen LogP contribution in [0, 0.1) is 0 Å². The molecule has 0 aromatic heterocycles. The fourth-order valence-electron chi connectivity index (χ4n) is 2.25. The second-order valence-electron chi connectivity index (χ2n) is 5.68. The minimum absolute atomic E-state index is 0. The van der Waals surface area contributed by atoms with Gasteiger partial charge in [0.05, 0.1) is 0 Å². The molecule has 0 saturated heterocycles. The number of carbonyl (C=O) groups excluding carboxylic acids is 1. The number of hydrogen-bond donors (Lipinski definition) is 1. The number of nitrogens with two attached hydrogens (primary N) is 1. The van der Waals surface area contributed by atoms with E-state index in [-0.39, 0.29) is 18.3 Å². The SMILES string of the molecule is CC(C)c1ccc(CN(C)C(=O)c2cccc(N)c2)cc1.Cl. The van der Waals surface area contributed by atoms with Gasteiger partial charge in [0.25, 0.3) is 5.91 Å². The van der Waals surface area contributed by atoms with Crippen molar-refractivity contribution in [1.29, 1.82) is 0 Å². The van der Waals surface area contributed by atoms with E-state index in [0.29, 0.717) is 23.7 Å². The molecule has 0 aliphatic heterocycles. The van der Waals surface area contributed by atoms with Crippen molar-refractivity contribution >= 4 is 24.0 Å². The highest BCUT2D eigenvalue weighted by Gasteiger charge is 2.12. The molecule has 2 aromatic rings. The van der Waals surface area contributed by atoms with Gasteiger partial charge in [0.1, 0.15) is 0 Å². The maximum absolute atomic E-state index is 12.3. The molecule has 0 aliphatic rings. The van der Waals surface area contributed by atoms with Crippen LogP contribution in [-0.4, -0.2) is 17.9 Å². The number of benzene rings is 2. The Hall–Kier alpha value is -2.00. The first-order valence-corrected chi connectivity index (χ1v) is 7.17. The van der Waals surface area contributed by atoms with Crippen molar-refractivity contribution in [2.75, 3.05) is 12.8 Å². The molecular formula is C18H23ClN2O. The molecule has 0 radical (unpaired) electrons. The third-order valence-corrected chi connectivity index (χ3v) is 3.55. The molecule has 0 saturated carbocycles. The van der Waals surface area contributed by atoms with Crippen molar-refractivity contribution in [2.45, 2.75) is 26.3 Å². The number of nitrogens with zero attached hydrogens (tertiary/aromatic N) is 1. The first-order chi connectivity index (χ1) is 9.97. The number of nitrogen functional groups attached to an aromatic ring is 1. The first-order valence-electron chi connectivity index (χ1n) is 7.17. The molecule has 0 heterocycles. The van der Waals surface area contributed by atoms with E-state index in [9.17, 15) is 4.79 Å². The summed E-state index contributed by atoms with van der Waals surface area (Å²) in [5, 5.41) is 0. The Balaban J connectivity index is 0.00000242. The number of halogens is 1. The predicted molar refractivity (Wildman–Crippen MR) is 94.4 cm³/mol. The van der Waals surface area contributed by atoms with Gasteiger partial charge in [-0.3, -0.25) is 4.79 Å². The molecule has 1 amide bonds. The van der Waals surface area contributed by atoms with Crippen molar-refractivity contribution in [3.63, 3.8) is 0 Å². The summed E-state index contributed by atoms with van der Waals surface area (Å²) in [5.41, 5.74) is 9.38. The Kier molecular flexibility index (Phi) is 6.44. The largest absolute Gasteiger partial charge is 0.399 e. The zero-order valence-corrected chi connectivity index (χ0v) is 14.1. The van der Waals surface area contributed by atoms with Crippen LogP contribution in [-0.2, 0) is 6.54 Å². The van der Waals surface area contributed by atoms with Crippen LogP contribution in [0.2, 0.25) is 0 Å². The molecule has 0 fully saturated rings. The molecule has 2 rings (SSSR count). The van der Waals surface area contributed by atoms with E-state index in [0.717, 1.165) is 5.56 Å². The topological polar surface area (TPSA) is 46.3 Å². The van der Waals surface area contributed by atoms with E-state index in [1.165, 1.54) is 5.56 Å². The molecule has 0 spiro atoms. The van der Waals surface area contributed by atoms with Gasteiger partial charge in [-0.25, -0.2) is 0 Å². The zero-order valence-electron chi connectivity index (χ0n) is 13.2. The average molecular weight is 319 g/mol. The second-order valence-corrected chi connectivity index (χ2v) is 5.68. The van der Waals surface area contributed by atoms with Crippen LogP contribution >= 0.6 is 12.4 Å². The quantitative estimate of drug-likeness (QED) is 0.863. The van der Waals surface area contributed by atoms with Crippen LogP contribution < -0.4 is 5.73 Å². The lowest BCUT2D eigenvalue weighted by atomic mass is 10.0. The molecule has 0 unspecified atom stereocenters. The van der Waals surface area contributed by atoms with Crippen LogP contribution in [0.5, 0.6) is 0 Å². The van der Waals surface area contributed by atoms with Gasteiger partial charge in [0.2, 0.25) is 0 Å². The summed E-state index contributed by atoms with van der Waals surface area (Å²) < 4.78 is 0. The van der Waals surface area contributed by atoms with E-state index in [2.05, 4.69) is 38.1 Å². The fourth-order valence-corrected chi connectivity index (χ4v) is 2.25. The van der Waals surface area contributed by atoms with Gasteiger partial charge in [0, 0.05) is 24.8 Å². The van der Waals surface area contributed by atoms with Crippen LogP contribution in [0.15, 0.2) is 48.5 Å². The number of hydrogen-bond acceptors (Lipinski definition) is 2. The second kappa shape index (κ2) is 7.85. The Morgan fingerprint density at radius 3 is 2.32 bits per heavy atom. The maximum atomic E-state index is 12.3. The Bertz CT molecular complexity index is 623. The lowest BCUT2D eigenvalue weighted by molar-refractivity contribution is 0.0785. The summed E-state index contributed by atoms with van der Waals surface area (Å²) in [7, 11) is 1.81. The molecule has 22 heavy (non-hydrogen) atoms. The normalized spacial score (nSPS) is 10.2. The highest BCUT2D eigenvalue weighted by molar-refractivity contribution is 5.94. The van der Waals surface area contributed by atoms with Crippen molar-refractivity contribution in [3.8, 4) is 0 Å². The first kappa shape index (κ1) is 18.1. The summed E-state index contributed by atoms with van der Waals surface area (Å²) >= 11 is 0. The minimum Gasteiger partial charge on any atom is -0.399 e. The van der Waals surface area contributed by atoms with Crippen molar-refractivity contribution in [2.24, 2.45) is 0 Å². The average Bonchev–Trinajstić information content (AvgIpc) is 2.47. The van der Waals surface area contributed by atoms with Crippen molar-refractivity contribution in [1.82, 2.24) is 4.90 Å². The van der Waals surface area contributed by atoms with Crippen LogP contribution in [0.25, 0.3) is 0 Å². The molecule has 118 valence electrons. The lowest BCUT2D eigenvalue weighted by Gasteiger charge is -2.18. The third-order valence-electron chi connectivity index (χ3n) is 3.55. The number of amides is 1. The maximum Gasteiger partial charge on any atom is 0.253 e. The van der Waals surface area contributed by atoms with E-state index >= 15 is 0 Å². The number of rotatable bonds is 4. The van der Waals surface area contributed by atoms with Crippen LogP contribution in [0.1, 0.15) is 41.3 Å². The molecule has 0 atom stereocenters. The Morgan fingerprint density at radius 1 is 1.14 bits per heavy atom. The zero-order chi connectivity index (χ0) is 15.4. The van der Waals surface area contributed by atoms with Gasteiger partial charge < -0.3 is 10.6 Å². The summed E-state index contributed by atoms with van der Waals surface area (Å²) in [6.07, 6.45) is 0. The minimum atomic E-state index is -0.0183. The van der Waals surface area contributed by atoms with Crippen LogP contribution in [0.4, 0.5) is 5.69 Å². The molecule has 4 heteroatoms. The monoisotopic (exact) mass is 318 g/mol. The van der Waals surface area contributed by atoms with E-state index in [1.807, 2.05) is 7.05 Å². The summed E-state index contributed by atoms with van der Waals surface area (Å²) in [5.74, 6) is 0.501. The summed E-state index contributed by atoms with van der Waals surface area (Å²) in [6, 6.07) is 15.5. The molecule has 2 N–H and O–H groups in total. The summed E-state index contributed by atoms with van der Waals surface area (Å²) in [6.45, 7) is 4.93. The highest BCUT2D eigenvalue weighted by atomic mass is 35.5. The molecule has 3 nitrogen and oxygen atoms in total. The van der Waals surface area contributed by atoms with Gasteiger partial charge in [-0.2, -0.15) is 0 Å². The molecule has 0 bridgehead atoms. The van der Waals surface area contributed by atoms with E-state index in [1.54, 1.807) is 29.2 Å². The molecular weight excluding hydrogens is 296 g/mol. The highest BCUT2D eigenvalue weighted by Crippen LogP contribution is 2.16. The predicted octanol–water partition coefficient (Wildman–Crippen LogP) is 4.09. The smallest absolute Gasteiger partial charge is 0.253 e. The van der Waals surface area contributed by atoms with Crippen molar-refractivity contribution < 1.29 is 4.79 Å². The van der Waals surface area contributed by atoms with Gasteiger partial charge >= 0.3 is 0 Å². The van der Waals surface area contributed by atoms with Crippen LogP contribution in [0.3, 0.4) is 0 Å². The lowest BCUT2D eigenvalue weighted by Crippen LogP contribution is -2.26. The van der Waals surface area contributed by atoms with Gasteiger partial charge in [-0.05, 0) is 35.2 Å². The van der Waals surface area contributed by atoms with Gasteiger partial charge in [0.15, 0.2) is 0 Å². The van der Waals surface area contributed by atoms with Crippen molar-refractivity contribution in [3.05, 3.63) is 65.2 Å². The number of anilines is 1. The molecule has 2 aromatic carbocycles. The Morgan fingerprint density at radius 2 is 1.77 bits per heavy atom. The standard InChI is InChI=1S/C18H22N2O.ClH/c1-13(2)15-9-7-14(8-10-15)12-20(3)18(21)16-5-4-6-17(19)11-16;/h4-11,13H,12,19H2,1-3H3;1H.